The summed E-state index contributed by atoms with van der Waals surface area (Å²) in [6, 6.07) is 3.94. The van der Waals surface area contributed by atoms with Crippen molar-refractivity contribution in [2.45, 2.75) is 44.7 Å². The first-order valence-electron chi connectivity index (χ1n) is 6.92. The molecule has 1 aromatic carbocycles. The van der Waals surface area contributed by atoms with Gasteiger partial charge in [-0.05, 0) is 44.6 Å². The summed E-state index contributed by atoms with van der Waals surface area (Å²) < 4.78 is 26.5. The fraction of sp³-hybridized carbons (Fsp3) is 0.600. The zero-order chi connectivity index (χ0) is 13.8. The topological polar surface area (TPSA) is 32.3 Å². The van der Waals surface area contributed by atoms with E-state index in [2.05, 4.69) is 5.32 Å². The molecule has 0 saturated heterocycles. The molecular formula is C15H21F2NO. The minimum Gasteiger partial charge on any atom is -0.396 e. The molecule has 0 spiro atoms. The molecule has 0 aromatic heterocycles. The summed E-state index contributed by atoms with van der Waals surface area (Å²) in [5.41, 5.74) is 0.505. The number of hydrogen-bond acceptors (Lipinski definition) is 2. The summed E-state index contributed by atoms with van der Waals surface area (Å²) in [7, 11) is 0. The average Bonchev–Trinajstić information content (AvgIpc) is 2.39. The van der Waals surface area contributed by atoms with E-state index in [9.17, 15) is 8.78 Å². The molecule has 1 unspecified atom stereocenters. The third-order valence-electron chi connectivity index (χ3n) is 4.02. The van der Waals surface area contributed by atoms with Crippen LogP contribution >= 0.6 is 0 Å². The minimum absolute atomic E-state index is 0.128. The summed E-state index contributed by atoms with van der Waals surface area (Å²) in [6.07, 6.45) is 4.01. The van der Waals surface area contributed by atoms with Crippen molar-refractivity contribution >= 4 is 0 Å². The van der Waals surface area contributed by atoms with E-state index < -0.39 is 11.6 Å². The van der Waals surface area contributed by atoms with Crippen LogP contribution in [0.1, 0.15) is 44.2 Å². The van der Waals surface area contributed by atoms with Gasteiger partial charge in [-0.15, -0.1) is 0 Å². The largest absolute Gasteiger partial charge is 0.396 e. The van der Waals surface area contributed by atoms with E-state index in [1.807, 2.05) is 6.92 Å². The van der Waals surface area contributed by atoms with Gasteiger partial charge in [0.25, 0.3) is 0 Å². The molecule has 1 atom stereocenters. The van der Waals surface area contributed by atoms with Gasteiger partial charge in [-0.2, -0.15) is 0 Å². The summed E-state index contributed by atoms with van der Waals surface area (Å²) >= 11 is 0. The first-order chi connectivity index (χ1) is 9.10. The van der Waals surface area contributed by atoms with E-state index in [0.29, 0.717) is 17.5 Å². The molecule has 1 fully saturated rings. The Balaban J connectivity index is 1.92. The molecule has 0 bridgehead atoms. The Bertz CT molecular complexity index is 417. The smallest absolute Gasteiger partial charge is 0.130 e. The molecule has 2 rings (SSSR count). The number of nitrogens with one attached hydrogen (secondary N) is 1. The molecule has 2 nitrogen and oxygen atoms in total. The van der Waals surface area contributed by atoms with Gasteiger partial charge in [0.1, 0.15) is 11.6 Å². The molecule has 106 valence electrons. The Labute approximate surface area is 112 Å². The Morgan fingerprint density at radius 2 is 1.95 bits per heavy atom. The quantitative estimate of drug-likeness (QED) is 0.880. The zero-order valence-electron chi connectivity index (χ0n) is 11.2. The van der Waals surface area contributed by atoms with Crippen molar-refractivity contribution < 1.29 is 13.9 Å². The van der Waals surface area contributed by atoms with Crippen LogP contribution in [0, 0.1) is 17.6 Å². The second-order valence-corrected chi connectivity index (χ2v) is 5.45. The van der Waals surface area contributed by atoms with Gasteiger partial charge >= 0.3 is 0 Å². The van der Waals surface area contributed by atoms with Gasteiger partial charge in [0.05, 0.1) is 0 Å². The highest BCUT2D eigenvalue weighted by Gasteiger charge is 2.22. The van der Waals surface area contributed by atoms with Crippen LogP contribution < -0.4 is 5.32 Å². The van der Waals surface area contributed by atoms with E-state index in [1.165, 1.54) is 12.1 Å². The third kappa shape index (κ3) is 3.74. The van der Waals surface area contributed by atoms with Crippen molar-refractivity contribution in [2.24, 2.45) is 5.92 Å². The van der Waals surface area contributed by atoms with Gasteiger partial charge in [0, 0.05) is 30.3 Å². The van der Waals surface area contributed by atoms with Gasteiger partial charge in [-0.3, -0.25) is 0 Å². The zero-order valence-corrected chi connectivity index (χ0v) is 11.2. The van der Waals surface area contributed by atoms with E-state index >= 15 is 0 Å². The van der Waals surface area contributed by atoms with Gasteiger partial charge in [-0.1, -0.05) is 6.07 Å². The standard InChI is InChI=1S/C15H21F2NO/c1-10(14-7-4-12(16)8-15(14)17)18-13-5-2-11(9-19)3-6-13/h4,7-8,10-11,13,18-19H,2-3,5-6,9H2,1H3. The number of aliphatic hydroxyl groups excluding tert-OH is 1. The molecule has 0 heterocycles. The lowest BCUT2D eigenvalue weighted by Gasteiger charge is -2.30. The maximum Gasteiger partial charge on any atom is 0.130 e. The van der Waals surface area contributed by atoms with E-state index in [4.69, 9.17) is 5.11 Å². The molecule has 0 amide bonds. The van der Waals surface area contributed by atoms with Gasteiger partial charge < -0.3 is 10.4 Å². The SMILES string of the molecule is CC(NC1CCC(CO)CC1)c1ccc(F)cc1F. The van der Waals surface area contributed by atoms with Crippen molar-refractivity contribution in [3.63, 3.8) is 0 Å². The van der Waals surface area contributed by atoms with Crippen molar-refractivity contribution in [1.82, 2.24) is 5.32 Å². The number of rotatable bonds is 4. The maximum absolute atomic E-state index is 13.7. The number of halogens is 2. The first kappa shape index (κ1) is 14.4. The van der Waals surface area contributed by atoms with Crippen LogP contribution in [0.4, 0.5) is 8.78 Å². The van der Waals surface area contributed by atoms with Crippen LogP contribution in [0.15, 0.2) is 18.2 Å². The van der Waals surface area contributed by atoms with Crippen molar-refractivity contribution in [3.8, 4) is 0 Å². The average molecular weight is 269 g/mol. The Morgan fingerprint density at radius 3 is 2.53 bits per heavy atom. The summed E-state index contributed by atoms with van der Waals surface area (Å²) in [5.74, 6) is -0.628. The Hall–Kier alpha value is -1.00. The summed E-state index contributed by atoms with van der Waals surface area (Å²) in [6.45, 7) is 2.16. The Kier molecular flexibility index (Phi) is 4.88. The highest BCUT2D eigenvalue weighted by molar-refractivity contribution is 5.21. The van der Waals surface area contributed by atoms with Crippen molar-refractivity contribution in [1.29, 1.82) is 0 Å². The summed E-state index contributed by atoms with van der Waals surface area (Å²) in [4.78, 5) is 0. The van der Waals surface area contributed by atoms with Crippen LogP contribution in [-0.4, -0.2) is 17.8 Å². The predicted molar refractivity (Wildman–Crippen MR) is 70.7 cm³/mol. The highest BCUT2D eigenvalue weighted by atomic mass is 19.1. The van der Waals surface area contributed by atoms with Crippen LogP contribution in [0.2, 0.25) is 0 Å². The molecule has 1 saturated carbocycles. The van der Waals surface area contributed by atoms with Crippen LogP contribution in [0.5, 0.6) is 0 Å². The second-order valence-electron chi connectivity index (χ2n) is 5.45. The van der Waals surface area contributed by atoms with Crippen molar-refractivity contribution in [2.75, 3.05) is 6.61 Å². The molecule has 19 heavy (non-hydrogen) atoms. The number of aliphatic hydroxyl groups is 1. The predicted octanol–water partition coefficient (Wildman–Crippen LogP) is 3.17. The van der Waals surface area contributed by atoms with Gasteiger partial charge in [0.2, 0.25) is 0 Å². The first-order valence-corrected chi connectivity index (χ1v) is 6.92. The minimum atomic E-state index is -0.545. The van der Waals surface area contributed by atoms with Crippen LogP contribution in [0.25, 0.3) is 0 Å². The van der Waals surface area contributed by atoms with Gasteiger partial charge in [0.15, 0.2) is 0 Å². The molecule has 0 aliphatic heterocycles. The van der Waals surface area contributed by atoms with E-state index in [-0.39, 0.29) is 12.6 Å². The van der Waals surface area contributed by atoms with Crippen LogP contribution in [0.3, 0.4) is 0 Å². The highest BCUT2D eigenvalue weighted by Crippen LogP contribution is 2.26. The number of benzene rings is 1. The number of hydrogen-bond donors (Lipinski definition) is 2. The molecule has 1 aliphatic rings. The lowest BCUT2D eigenvalue weighted by Crippen LogP contribution is -2.35. The monoisotopic (exact) mass is 269 g/mol. The van der Waals surface area contributed by atoms with Gasteiger partial charge in [-0.25, -0.2) is 8.78 Å². The normalized spacial score (nSPS) is 25.3. The van der Waals surface area contributed by atoms with Crippen LogP contribution in [-0.2, 0) is 0 Å². The Morgan fingerprint density at radius 1 is 1.26 bits per heavy atom. The molecule has 4 heteroatoms. The van der Waals surface area contributed by atoms with E-state index in [0.717, 1.165) is 31.7 Å². The molecular weight excluding hydrogens is 248 g/mol. The fourth-order valence-electron chi connectivity index (χ4n) is 2.81. The molecule has 1 aromatic rings. The van der Waals surface area contributed by atoms with E-state index in [1.54, 1.807) is 0 Å². The molecule has 2 N–H and O–H groups in total. The van der Waals surface area contributed by atoms with Crippen molar-refractivity contribution in [3.05, 3.63) is 35.4 Å². The lowest BCUT2D eigenvalue weighted by atomic mass is 9.86. The molecule has 0 radical (unpaired) electrons. The summed E-state index contributed by atoms with van der Waals surface area (Å²) in [5, 5.41) is 12.5. The molecule has 1 aliphatic carbocycles. The fourth-order valence-corrected chi connectivity index (χ4v) is 2.81. The third-order valence-corrected chi connectivity index (χ3v) is 4.02. The maximum atomic E-state index is 13.7. The second kappa shape index (κ2) is 6.44. The lowest BCUT2D eigenvalue weighted by molar-refractivity contribution is 0.172.